The zero-order valence-electron chi connectivity index (χ0n) is 25.6. The van der Waals surface area contributed by atoms with Crippen LogP contribution in [0.5, 0.6) is 0 Å². The minimum atomic E-state index is -4.92. The number of nitrogens with zero attached hydrogens (tertiary/aromatic N) is 6. The third-order valence-electron chi connectivity index (χ3n) is 9.07. The maximum Gasteiger partial charge on any atom is 0.471 e. The van der Waals surface area contributed by atoms with Crippen molar-refractivity contribution in [3.05, 3.63) is 52.1 Å². The van der Waals surface area contributed by atoms with Crippen LogP contribution in [-0.4, -0.2) is 107 Å². The first-order valence-electron chi connectivity index (χ1n) is 15.2. The van der Waals surface area contributed by atoms with E-state index in [1.807, 2.05) is 31.7 Å². The number of likely N-dealkylation sites (tertiary alicyclic amines) is 3. The van der Waals surface area contributed by atoms with E-state index in [9.17, 15) is 27.6 Å². The second kappa shape index (κ2) is 13.5. The molecule has 4 heterocycles. The van der Waals surface area contributed by atoms with Crippen LogP contribution < -0.4 is 4.90 Å². The maximum absolute atomic E-state index is 13.4. The molecule has 5 rings (SSSR count). The predicted molar refractivity (Wildman–Crippen MR) is 161 cm³/mol. The molecule has 45 heavy (non-hydrogen) atoms. The highest BCUT2D eigenvalue weighted by Crippen LogP contribution is 2.33. The number of hydrogen-bond acceptors (Lipinski definition) is 7. The van der Waals surface area contributed by atoms with Gasteiger partial charge in [0.15, 0.2) is 0 Å². The zero-order valence-corrected chi connectivity index (χ0v) is 26.4. The van der Waals surface area contributed by atoms with Crippen LogP contribution in [0.15, 0.2) is 24.5 Å². The summed E-state index contributed by atoms with van der Waals surface area (Å²) in [7, 11) is 0. The van der Waals surface area contributed by atoms with Crippen molar-refractivity contribution in [2.75, 3.05) is 57.3 Å². The Bertz CT molecular complexity index is 1400. The number of rotatable bonds is 7. The molecule has 2 atom stereocenters. The molecule has 2 unspecified atom stereocenters. The molecule has 0 bridgehead atoms. The lowest BCUT2D eigenvalue weighted by Gasteiger charge is -2.33. The molecule has 0 spiro atoms. The minimum Gasteiger partial charge on any atom is -0.446 e. The van der Waals surface area contributed by atoms with Crippen molar-refractivity contribution in [1.29, 1.82) is 0 Å². The Hall–Kier alpha value is -3.45. The Morgan fingerprint density at radius 1 is 0.978 bits per heavy atom. The van der Waals surface area contributed by atoms with Gasteiger partial charge in [-0.1, -0.05) is 17.7 Å². The monoisotopic (exact) mass is 650 g/mol. The van der Waals surface area contributed by atoms with Gasteiger partial charge in [-0.15, -0.1) is 0 Å². The van der Waals surface area contributed by atoms with E-state index in [-0.39, 0.29) is 31.8 Å². The molecule has 10 nitrogen and oxygen atoms in total. The number of alkyl halides is 3. The number of ether oxygens (including phenoxy) is 1. The van der Waals surface area contributed by atoms with E-state index in [4.69, 9.17) is 16.3 Å². The number of fused-ring (bicyclic) bond motifs is 1. The number of amides is 3. The highest BCUT2D eigenvalue weighted by Gasteiger charge is 2.44. The second-order valence-corrected chi connectivity index (χ2v) is 12.6. The molecule has 1 aromatic heterocycles. The van der Waals surface area contributed by atoms with E-state index in [0.29, 0.717) is 65.6 Å². The van der Waals surface area contributed by atoms with Crippen LogP contribution in [0, 0.1) is 32.6 Å². The minimum absolute atomic E-state index is 0.0184. The Morgan fingerprint density at radius 2 is 1.60 bits per heavy atom. The van der Waals surface area contributed by atoms with Crippen molar-refractivity contribution in [2.24, 2.45) is 11.8 Å². The van der Waals surface area contributed by atoms with Gasteiger partial charge in [0.25, 0.3) is 5.91 Å². The molecule has 14 heteroatoms. The van der Waals surface area contributed by atoms with Gasteiger partial charge in [-0.3, -0.25) is 14.5 Å². The number of aryl methyl sites for hydroxylation is 3. The molecule has 3 aliphatic heterocycles. The highest BCUT2D eigenvalue weighted by molar-refractivity contribution is 6.31. The van der Waals surface area contributed by atoms with Gasteiger partial charge in [0.2, 0.25) is 0 Å². The van der Waals surface area contributed by atoms with Crippen LogP contribution in [-0.2, 0) is 9.53 Å². The van der Waals surface area contributed by atoms with E-state index >= 15 is 0 Å². The molecule has 3 fully saturated rings. The van der Waals surface area contributed by atoms with Gasteiger partial charge in [-0.05, 0) is 63.3 Å². The molecule has 0 radical (unpaired) electrons. The number of benzene rings is 1. The van der Waals surface area contributed by atoms with Crippen LogP contribution >= 0.6 is 11.6 Å². The normalized spacial score (nSPS) is 20.8. The average molecular weight is 651 g/mol. The molecular formula is C31H38ClF3N6O4. The zero-order chi connectivity index (χ0) is 32.5. The fraction of sp³-hybridized carbons (Fsp3) is 0.581. The Morgan fingerprint density at radius 3 is 2.18 bits per heavy atom. The number of anilines is 1. The molecule has 3 aliphatic rings. The summed E-state index contributed by atoms with van der Waals surface area (Å²) < 4.78 is 44.2. The van der Waals surface area contributed by atoms with Crippen LogP contribution in [0.25, 0.3) is 0 Å². The molecule has 2 aromatic rings. The molecule has 3 saturated heterocycles. The fourth-order valence-corrected chi connectivity index (χ4v) is 6.76. The van der Waals surface area contributed by atoms with Gasteiger partial charge >= 0.3 is 18.2 Å². The summed E-state index contributed by atoms with van der Waals surface area (Å²) >= 11 is 6.37. The van der Waals surface area contributed by atoms with Crippen molar-refractivity contribution in [3.8, 4) is 0 Å². The largest absolute Gasteiger partial charge is 0.471 e. The molecule has 0 N–H and O–H groups in total. The van der Waals surface area contributed by atoms with Gasteiger partial charge in [-0.25, -0.2) is 14.8 Å². The van der Waals surface area contributed by atoms with Crippen molar-refractivity contribution < 1.29 is 32.3 Å². The van der Waals surface area contributed by atoms with E-state index in [1.165, 1.54) is 11.2 Å². The van der Waals surface area contributed by atoms with Crippen LogP contribution in [0.4, 0.5) is 23.7 Å². The van der Waals surface area contributed by atoms with Gasteiger partial charge in [0.1, 0.15) is 12.4 Å². The van der Waals surface area contributed by atoms with Crippen molar-refractivity contribution in [2.45, 2.75) is 52.3 Å². The van der Waals surface area contributed by atoms with Gasteiger partial charge in [0.05, 0.1) is 17.0 Å². The van der Waals surface area contributed by atoms with E-state index in [1.54, 1.807) is 12.1 Å². The molecule has 0 saturated carbocycles. The number of carbonyl (C=O) groups excluding carboxylic acids is 3. The van der Waals surface area contributed by atoms with Crippen LogP contribution in [0.2, 0.25) is 5.02 Å². The summed E-state index contributed by atoms with van der Waals surface area (Å²) in [5.74, 6) is -1.16. The summed E-state index contributed by atoms with van der Waals surface area (Å²) in [6, 6.07) is 5.31. The first kappa shape index (κ1) is 32.9. The molecule has 3 amide bonds. The molecular weight excluding hydrogens is 613 g/mol. The topological polar surface area (TPSA) is 99.2 Å². The summed E-state index contributed by atoms with van der Waals surface area (Å²) in [5.41, 5.74) is 3.38. The molecule has 1 aromatic carbocycles. The number of piperidine rings is 1. The lowest BCUT2D eigenvalue weighted by molar-refractivity contribution is -0.187. The average Bonchev–Trinajstić information content (AvgIpc) is 3.55. The van der Waals surface area contributed by atoms with Gasteiger partial charge in [-0.2, -0.15) is 13.2 Å². The summed E-state index contributed by atoms with van der Waals surface area (Å²) in [6.45, 7) is 9.42. The Balaban J connectivity index is 1.14. The lowest BCUT2D eigenvalue weighted by atomic mass is 10.0. The molecule has 0 aliphatic carbocycles. The second-order valence-electron chi connectivity index (χ2n) is 12.2. The summed E-state index contributed by atoms with van der Waals surface area (Å²) in [4.78, 5) is 53.1. The first-order valence-corrected chi connectivity index (χ1v) is 15.6. The van der Waals surface area contributed by atoms with E-state index in [0.717, 1.165) is 30.1 Å². The third-order valence-corrected chi connectivity index (χ3v) is 9.48. The predicted octanol–water partition coefficient (Wildman–Crippen LogP) is 4.65. The smallest absolute Gasteiger partial charge is 0.446 e. The Labute approximate surface area is 265 Å². The Kier molecular flexibility index (Phi) is 9.88. The summed E-state index contributed by atoms with van der Waals surface area (Å²) in [6.07, 6.45) is -3.74. The maximum atomic E-state index is 13.4. The lowest BCUT2D eigenvalue weighted by Crippen LogP contribution is -2.47. The summed E-state index contributed by atoms with van der Waals surface area (Å²) in [5, 5.41) is 0.503. The number of aromatic nitrogens is 2. The van der Waals surface area contributed by atoms with Gasteiger partial charge in [0, 0.05) is 69.4 Å². The number of halogens is 4. The van der Waals surface area contributed by atoms with E-state index < -0.39 is 24.3 Å². The molecule has 244 valence electrons. The van der Waals surface area contributed by atoms with Crippen LogP contribution in [0.3, 0.4) is 0 Å². The SMILES string of the molecule is Cc1ccc(N(CCCN2CC3CN(C(=O)c4c(C)ncnc4C)CC3C2)C(=O)OC2CCN(C(=O)C(F)(F)F)CC2)cc1Cl. The first-order chi connectivity index (χ1) is 21.3. The third kappa shape index (κ3) is 7.51. The number of hydrogen-bond donors (Lipinski definition) is 0. The van der Waals surface area contributed by atoms with Crippen LogP contribution in [0.1, 0.15) is 46.6 Å². The van der Waals surface area contributed by atoms with Crippen molar-refractivity contribution in [1.82, 2.24) is 24.7 Å². The van der Waals surface area contributed by atoms with Gasteiger partial charge < -0.3 is 19.4 Å². The fourth-order valence-electron chi connectivity index (χ4n) is 6.59. The quantitative estimate of drug-likeness (QED) is 0.430. The highest BCUT2D eigenvalue weighted by atomic mass is 35.5. The van der Waals surface area contributed by atoms with E-state index in [2.05, 4.69) is 14.9 Å². The standard InChI is InChI=1S/C31H38ClF3N6O4/c1-19-5-6-24(13-26(19)32)41(30(44)45-25-7-11-39(12-8-25)29(43)31(33,34)35)10-4-9-38-14-22-16-40(17-23(22)15-38)28(42)27-20(2)36-18-37-21(27)3/h5-6,13,18,22-23,25H,4,7-12,14-17H2,1-3H3. The van der Waals surface area contributed by atoms with Crippen molar-refractivity contribution in [3.63, 3.8) is 0 Å². The van der Waals surface area contributed by atoms with Crippen molar-refractivity contribution >= 4 is 35.2 Å². The number of carbonyl (C=O) groups is 3.